The summed E-state index contributed by atoms with van der Waals surface area (Å²) in [7, 11) is 5.25. The number of aryl methyl sites for hydroxylation is 1. The van der Waals surface area contributed by atoms with E-state index in [0.717, 1.165) is 27.6 Å². The molecule has 2 aromatic rings. The molecule has 4 heteroatoms. The van der Waals surface area contributed by atoms with Gasteiger partial charge in [0, 0.05) is 16.7 Å². The quantitative estimate of drug-likeness (QED) is 0.906. The van der Waals surface area contributed by atoms with Gasteiger partial charge >= 0.3 is 0 Å². The van der Waals surface area contributed by atoms with Crippen molar-refractivity contribution >= 4 is 11.6 Å². The molecule has 0 fully saturated rings. The summed E-state index contributed by atoms with van der Waals surface area (Å²) in [5.41, 5.74) is 3.37. The Bertz CT molecular complexity index is 628. The van der Waals surface area contributed by atoms with Gasteiger partial charge in [-0.15, -0.1) is 0 Å². The topological polar surface area (TPSA) is 30.5 Å². The normalized spacial score (nSPS) is 12.0. The van der Waals surface area contributed by atoms with E-state index in [1.54, 1.807) is 14.2 Å². The van der Waals surface area contributed by atoms with Gasteiger partial charge in [0.25, 0.3) is 0 Å². The van der Waals surface area contributed by atoms with Gasteiger partial charge in [0.15, 0.2) is 0 Å². The van der Waals surface area contributed by atoms with Crippen LogP contribution in [0.3, 0.4) is 0 Å². The lowest BCUT2D eigenvalue weighted by atomic mass is 9.94. The number of rotatable bonds is 5. The maximum Gasteiger partial charge on any atom is 0.127 e. The number of methoxy groups -OCH3 is 2. The van der Waals surface area contributed by atoms with Crippen LogP contribution in [0, 0.1) is 6.92 Å². The maximum atomic E-state index is 6.05. The van der Waals surface area contributed by atoms with E-state index < -0.39 is 0 Å². The molecule has 3 nitrogen and oxygen atoms in total. The minimum absolute atomic E-state index is 0.0307. The van der Waals surface area contributed by atoms with E-state index in [1.165, 1.54) is 5.56 Å². The smallest absolute Gasteiger partial charge is 0.127 e. The molecule has 0 aromatic heterocycles. The second-order valence-corrected chi connectivity index (χ2v) is 5.27. The molecular weight excluding hydrogens is 286 g/mol. The lowest BCUT2D eigenvalue weighted by Crippen LogP contribution is -2.19. The monoisotopic (exact) mass is 305 g/mol. The van der Waals surface area contributed by atoms with Crippen LogP contribution in [-0.2, 0) is 0 Å². The third kappa shape index (κ3) is 3.31. The van der Waals surface area contributed by atoms with Crippen molar-refractivity contribution in [2.45, 2.75) is 13.0 Å². The van der Waals surface area contributed by atoms with E-state index in [9.17, 15) is 0 Å². The van der Waals surface area contributed by atoms with Gasteiger partial charge in [-0.05, 0) is 49.4 Å². The summed E-state index contributed by atoms with van der Waals surface area (Å²) in [5.74, 6) is 1.57. The van der Waals surface area contributed by atoms with E-state index in [-0.39, 0.29) is 6.04 Å². The summed E-state index contributed by atoms with van der Waals surface area (Å²) in [4.78, 5) is 0. The van der Waals surface area contributed by atoms with Gasteiger partial charge in [-0.2, -0.15) is 0 Å². The standard InChI is InChI=1S/C17H20ClNO2/c1-11-9-12(18)5-7-14(11)17(19-2)15-8-6-13(20-3)10-16(15)21-4/h5-10,17,19H,1-4H3. The Kier molecular flexibility index (Phi) is 5.10. The molecule has 112 valence electrons. The van der Waals surface area contributed by atoms with E-state index >= 15 is 0 Å². The molecule has 0 spiro atoms. The lowest BCUT2D eigenvalue weighted by molar-refractivity contribution is 0.388. The summed E-state index contributed by atoms with van der Waals surface area (Å²) < 4.78 is 10.8. The third-order valence-corrected chi connectivity index (χ3v) is 3.82. The van der Waals surface area contributed by atoms with Crippen LogP contribution in [0.15, 0.2) is 36.4 Å². The summed E-state index contributed by atoms with van der Waals surface area (Å²) >= 11 is 6.05. The van der Waals surface area contributed by atoms with Crippen molar-refractivity contribution < 1.29 is 9.47 Å². The molecule has 2 rings (SSSR count). The number of benzene rings is 2. The fraction of sp³-hybridized carbons (Fsp3) is 0.294. The van der Waals surface area contributed by atoms with E-state index in [0.29, 0.717) is 0 Å². The average Bonchev–Trinajstić information content (AvgIpc) is 2.50. The Morgan fingerprint density at radius 1 is 1.00 bits per heavy atom. The minimum atomic E-state index is 0.0307. The van der Waals surface area contributed by atoms with Gasteiger partial charge in [-0.3, -0.25) is 0 Å². The van der Waals surface area contributed by atoms with Gasteiger partial charge in [-0.1, -0.05) is 17.7 Å². The molecule has 2 aromatic carbocycles. The second kappa shape index (κ2) is 6.83. The summed E-state index contributed by atoms with van der Waals surface area (Å²) in [6.07, 6.45) is 0. The Morgan fingerprint density at radius 3 is 2.29 bits per heavy atom. The second-order valence-electron chi connectivity index (χ2n) is 4.83. The minimum Gasteiger partial charge on any atom is -0.497 e. The van der Waals surface area contributed by atoms with Crippen molar-refractivity contribution in [2.75, 3.05) is 21.3 Å². The molecule has 0 saturated carbocycles. The summed E-state index contributed by atoms with van der Waals surface area (Å²) in [6.45, 7) is 2.06. The molecule has 1 atom stereocenters. The van der Waals surface area contributed by atoms with E-state index in [4.69, 9.17) is 21.1 Å². The van der Waals surface area contributed by atoms with Crippen LogP contribution in [0.4, 0.5) is 0 Å². The number of halogens is 1. The van der Waals surface area contributed by atoms with Gasteiger partial charge in [0.1, 0.15) is 11.5 Å². The number of nitrogens with one attached hydrogen (secondary N) is 1. The largest absolute Gasteiger partial charge is 0.497 e. The SMILES string of the molecule is CNC(c1ccc(Cl)cc1C)c1ccc(OC)cc1OC. The van der Waals surface area contributed by atoms with Crippen molar-refractivity contribution in [3.63, 3.8) is 0 Å². The van der Waals surface area contributed by atoms with Crippen molar-refractivity contribution in [3.8, 4) is 11.5 Å². The predicted octanol–water partition coefficient (Wildman–Crippen LogP) is 3.97. The van der Waals surface area contributed by atoms with Crippen LogP contribution in [0.1, 0.15) is 22.7 Å². The predicted molar refractivity (Wildman–Crippen MR) is 86.6 cm³/mol. The zero-order valence-corrected chi connectivity index (χ0v) is 13.5. The van der Waals surface area contributed by atoms with Crippen molar-refractivity contribution in [1.29, 1.82) is 0 Å². The van der Waals surface area contributed by atoms with E-state index in [1.807, 2.05) is 43.4 Å². The molecule has 21 heavy (non-hydrogen) atoms. The first-order valence-electron chi connectivity index (χ1n) is 6.76. The molecule has 1 unspecified atom stereocenters. The molecule has 0 heterocycles. The first-order chi connectivity index (χ1) is 10.1. The first kappa shape index (κ1) is 15.7. The van der Waals surface area contributed by atoms with Gasteiger partial charge < -0.3 is 14.8 Å². The zero-order chi connectivity index (χ0) is 15.4. The Labute approximate surface area is 130 Å². The van der Waals surface area contributed by atoms with Crippen LogP contribution in [0.2, 0.25) is 5.02 Å². The molecule has 0 aliphatic heterocycles. The number of hydrogen-bond acceptors (Lipinski definition) is 3. The molecule has 0 aliphatic rings. The van der Waals surface area contributed by atoms with Gasteiger partial charge in [-0.25, -0.2) is 0 Å². The lowest BCUT2D eigenvalue weighted by Gasteiger charge is -2.22. The Morgan fingerprint density at radius 2 is 1.71 bits per heavy atom. The number of hydrogen-bond donors (Lipinski definition) is 1. The molecular formula is C17H20ClNO2. The molecule has 0 saturated heterocycles. The molecule has 0 bridgehead atoms. The van der Waals surface area contributed by atoms with Crippen molar-refractivity contribution in [2.24, 2.45) is 0 Å². The highest BCUT2D eigenvalue weighted by Gasteiger charge is 2.19. The average molecular weight is 306 g/mol. The fourth-order valence-corrected chi connectivity index (χ4v) is 2.73. The fourth-order valence-electron chi connectivity index (χ4n) is 2.50. The molecule has 0 radical (unpaired) electrons. The molecule has 0 aliphatic carbocycles. The highest BCUT2D eigenvalue weighted by atomic mass is 35.5. The van der Waals surface area contributed by atoms with Crippen LogP contribution < -0.4 is 14.8 Å². The number of ether oxygens (including phenoxy) is 2. The van der Waals surface area contributed by atoms with Crippen molar-refractivity contribution in [3.05, 3.63) is 58.1 Å². The maximum absolute atomic E-state index is 6.05. The molecule has 1 N–H and O–H groups in total. The van der Waals surface area contributed by atoms with Crippen LogP contribution in [-0.4, -0.2) is 21.3 Å². The van der Waals surface area contributed by atoms with Crippen LogP contribution in [0.5, 0.6) is 11.5 Å². The zero-order valence-electron chi connectivity index (χ0n) is 12.7. The van der Waals surface area contributed by atoms with Gasteiger partial charge in [0.05, 0.1) is 20.3 Å². The third-order valence-electron chi connectivity index (χ3n) is 3.58. The Hall–Kier alpha value is -1.71. The summed E-state index contributed by atoms with van der Waals surface area (Å²) in [5, 5.41) is 4.09. The highest BCUT2D eigenvalue weighted by molar-refractivity contribution is 6.30. The highest BCUT2D eigenvalue weighted by Crippen LogP contribution is 2.34. The van der Waals surface area contributed by atoms with Crippen LogP contribution in [0.25, 0.3) is 0 Å². The molecule has 0 amide bonds. The summed E-state index contributed by atoms with van der Waals surface area (Å²) in [6, 6.07) is 11.8. The Balaban J connectivity index is 2.50. The van der Waals surface area contributed by atoms with Crippen LogP contribution >= 0.6 is 11.6 Å². The van der Waals surface area contributed by atoms with Crippen molar-refractivity contribution in [1.82, 2.24) is 5.32 Å². The van der Waals surface area contributed by atoms with Gasteiger partial charge in [0.2, 0.25) is 0 Å². The first-order valence-corrected chi connectivity index (χ1v) is 7.13. The van der Waals surface area contributed by atoms with E-state index in [2.05, 4.69) is 12.2 Å².